The summed E-state index contributed by atoms with van der Waals surface area (Å²) < 4.78 is 5.68. The molecule has 1 heterocycles. The van der Waals surface area contributed by atoms with Crippen LogP contribution >= 0.6 is 0 Å². The van der Waals surface area contributed by atoms with Gasteiger partial charge in [-0.25, -0.2) is 9.59 Å². The summed E-state index contributed by atoms with van der Waals surface area (Å²) >= 11 is 0. The highest BCUT2D eigenvalue weighted by Crippen LogP contribution is 2.12. The monoisotopic (exact) mass is 295 g/mol. The number of aliphatic carboxylic acids is 2. The number of hydrogen-bond acceptors (Lipinski definition) is 4. The Kier molecular flexibility index (Phi) is 7.25. The van der Waals surface area contributed by atoms with Crippen LogP contribution in [0.5, 0.6) is 5.75 Å². The first-order valence-corrected chi connectivity index (χ1v) is 6.87. The van der Waals surface area contributed by atoms with E-state index in [2.05, 4.69) is 24.0 Å². The van der Waals surface area contributed by atoms with Crippen molar-refractivity contribution in [2.75, 3.05) is 26.2 Å². The van der Waals surface area contributed by atoms with E-state index >= 15 is 0 Å². The molecule has 0 radical (unpaired) electrons. The van der Waals surface area contributed by atoms with Crippen LogP contribution < -0.4 is 4.74 Å². The standard InChI is InChI=1S/C13H19NO.C2H2O4/c1-12-4-6-13(7-5-12)15-11-10-14-8-2-3-9-14;3-1(4)2(5)6/h4-7H,2-3,8-11H2,1H3;(H,3,4)(H,5,6). The predicted octanol–water partition coefficient (Wildman–Crippen LogP) is 1.63. The van der Waals surface area contributed by atoms with Gasteiger partial charge in [0.2, 0.25) is 0 Å². The van der Waals surface area contributed by atoms with Gasteiger partial charge in [-0.2, -0.15) is 0 Å². The molecule has 0 bridgehead atoms. The Bertz CT molecular complexity index is 440. The number of carbonyl (C=O) groups is 2. The zero-order chi connectivity index (χ0) is 15.7. The smallest absolute Gasteiger partial charge is 0.414 e. The molecule has 2 rings (SSSR count). The molecule has 0 aliphatic carbocycles. The molecule has 0 saturated carbocycles. The Morgan fingerprint density at radius 1 is 1.10 bits per heavy atom. The van der Waals surface area contributed by atoms with Crippen LogP contribution in [0.1, 0.15) is 18.4 Å². The first-order valence-electron chi connectivity index (χ1n) is 6.87. The molecule has 1 saturated heterocycles. The SMILES string of the molecule is Cc1ccc(OCCN2CCCC2)cc1.O=C(O)C(=O)O. The van der Waals surface area contributed by atoms with E-state index in [-0.39, 0.29) is 0 Å². The number of carboxylic acids is 2. The minimum Gasteiger partial charge on any atom is -0.492 e. The highest BCUT2D eigenvalue weighted by molar-refractivity contribution is 6.27. The van der Waals surface area contributed by atoms with Crippen molar-refractivity contribution >= 4 is 11.9 Å². The van der Waals surface area contributed by atoms with Gasteiger partial charge in [-0.05, 0) is 45.0 Å². The van der Waals surface area contributed by atoms with Gasteiger partial charge in [0.25, 0.3) is 0 Å². The number of benzene rings is 1. The van der Waals surface area contributed by atoms with Gasteiger partial charge in [0.1, 0.15) is 12.4 Å². The van der Waals surface area contributed by atoms with E-state index in [1.54, 1.807) is 0 Å². The largest absolute Gasteiger partial charge is 0.492 e. The lowest BCUT2D eigenvalue weighted by Gasteiger charge is -2.14. The van der Waals surface area contributed by atoms with Crippen LogP contribution in [0.15, 0.2) is 24.3 Å². The summed E-state index contributed by atoms with van der Waals surface area (Å²) in [7, 11) is 0. The Morgan fingerprint density at radius 2 is 1.62 bits per heavy atom. The zero-order valence-corrected chi connectivity index (χ0v) is 12.1. The minimum absolute atomic E-state index is 0.809. The fraction of sp³-hybridized carbons (Fsp3) is 0.467. The third-order valence-electron chi connectivity index (χ3n) is 3.08. The molecule has 6 nitrogen and oxygen atoms in total. The Morgan fingerprint density at radius 3 is 2.10 bits per heavy atom. The molecule has 6 heteroatoms. The van der Waals surface area contributed by atoms with Crippen LogP contribution in [-0.4, -0.2) is 53.3 Å². The summed E-state index contributed by atoms with van der Waals surface area (Å²) in [6.07, 6.45) is 2.70. The summed E-state index contributed by atoms with van der Waals surface area (Å²) in [5, 5.41) is 14.8. The van der Waals surface area contributed by atoms with E-state index in [1.807, 2.05) is 12.1 Å². The van der Waals surface area contributed by atoms with Gasteiger partial charge in [-0.3, -0.25) is 4.90 Å². The second-order valence-corrected chi connectivity index (χ2v) is 4.82. The Labute approximate surface area is 124 Å². The van der Waals surface area contributed by atoms with Crippen molar-refractivity contribution in [2.45, 2.75) is 19.8 Å². The summed E-state index contributed by atoms with van der Waals surface area (Å²) in [6.45, 7) is 6.46. The van der Waals surface area contributed by atoms with Gasteiger partial charge >= 0.3 is 11.9 Å². The number of carboxylic acid groups (broad SMARTS) is 2. The van der Waals surface area contributed by atoms with Gasteiger partial charge in [0.05, 0.1) is 0 Å². The molecule has 0 unspecified atom stereocenters. The van der Waals surface area contributed by atoms with Crippen molar-refractivity contribution in [3.63, 3.8) is 0 Å². The van der Waals surface area contributed by atoms with Crippen molar-refractivity contribution in [1.29, 1.82) is 0 Å². The molecule has 0 spiro atoms. The molecule has 1 aromatic rings. The number of ether oxygens (including phenoxy) is 1. The molecule has 21 heavy (non-hydrogen) atoms. The maximum Gasteiger partial charge on any atom is 0.414 e. The van der Waals surface area contributed by atoms with Crippen molar-refractivity contribution < 1.29 is 24.5 Å². The van der Waals surface area contributed by atoms with Crippen LogP contribution in [0, 0.1) is 6.92 Å². The average Bonchev–Trinajstić information content (AvgIpc) is 2.95. The van der Waals surface area contributed by atoms with Crippen molar-refractivity contribution in [3.05, 3.63) is 29.8 Å². The Balaban J connectivity index is 0.000000315. The van der Waals surface area contributed by atoms with E-state index in [0.29, 0.717) is 0 Å². The first kappa shape index (κ1) is 17.0. The highest BCUT2D eigenvalue weighted by Gasteiger charge is 2.10. The van der Waals surface area contributed by atoms with E-state index in [4.69, 9.17) is 24.5 Å². The average molecular weight is 295 g/mol. The zero-order valence-electron chi connectivity index (χ0n) is 12.1. The van der Waals surface area contributed by atoms with Crippen LogP contribution in [-0.2, 0) is 9.59 Å². The molecule has 0 aromatic heterocycles. The number of likely N-dealkylation sites (tertiary alicyclic amines) is 1. The lowest BCUT2D eigenvalue weighted by atomic mass is 10.2. The number of nitrogens with zero attached hydrogens (tertiary/aromatic N) is 1. The van der Waals surface area contributed by atoms with E-state index in [0.717, 1.165) is 18.9 Å². The fourth-order valence-corrected chi connectivity index (χ4v) is 1.93. The topological polar surface area (TPSA) is 87.1 Å². The normalized spacial score (nSPS) is 14.1. The van der Waals surface area contributed by atoms with Gasteiger partial charge < -0.3 is 14.9 Å². The van der Waals surface area contributed by atoms with Crippen LogP contribution in [0.3, 0.4) is 0 Å². The molecule has 1 aliphatic heterocycles. The summed E-state index contributed by atoms with van der Waals surface area (Å²) in [4.78, 5) is 20.7. The maximum absolute atomic E-state index is 9.10. The van der Waals surface area contributed by atoms with Crippen LogP contribution in [0.25, 0.3) is 0 Å². The third kappa shape index (κ3) is 7.31. The fourth-order valence-electron chi connectivity index (χ4n) is 1.93. The number of rotatable bonds is 4. The number of hydrogen-bond donors (Lipinski definition) is 2. The third-order valence-corrected chi connectivity index (χ3v) is 3.08. The molecule has 0 atom stereocenters. The van der Waals surface area contributed by atoms with Gasteiger partial charge in [-0.15, -0.1) is 0 Å². The predicted molar refractivity (Wildman–Crippen MR) is 77.6 cm³/mol. The van der Waals surface area contributed by atoms with Gasteiger partial charge in [-0.1, -0.05) is 17.7 Å². The number of aryl methyl sites for hydroxylation is 1. The summed E-state index contributed by atoms with van der Waals surface area (Å²) in [5.41, 5.74) is 1.28. The first-order chi connectivity index (χ1) is 9.99. The molecule has 2 N–H and O–H groups in total. The maximum atomic E-state index is 9.10. The van der Waals surface area contributed by atoms with E-state index < -0.39 is 11.9 Å². The summed E-state index contributed by atoms with van der Waals surface area (Å²) in [6, 6.07) is 8.26. The highest BCUT2D eigenvalue weighted by atomic mass is 16.5. The quantitative estimate of drug-likeness (QED) is 0.821. The van der Waals surface area contributed by atoms with E-state index in [1.165, 1.54) is 31.5 Å². The van der Waals surface area contributed by atoms with Crippen molar-refractivity contribution in [2.24, 2.45) is 0 Å². The molecule has 116 valence electrons. The van der Waals surface area contributed by atoms with Gasteiger partial charge in [0.15, 0.2) is 0 Å². The lowest BCUT2D eigenvalue weighted by molar-refractivity contribution is -0.159. The Hall–Kier alpha value is -2.08. The van der Waals surface area contributed by atoms with Crippen LogP contribution in [0.4, 0.5) is 0 Å². The molecule has 1 aromatic carbocycles. The molecule has 0 amide bonds. The lowest BCUT2D eigenvalue weighted by Crippen LogP contribution is -2.25. The van der Waals surface area contributed by atoms with Crippen molar-refractivity contribution in [1.82, 2.24) is 4.90 Å². The second-order valence-electron chi connectivity index (χ2n) is 4.82. The molecule has 1 fully saturated rings. The van der Waals surface area contributed by atoms with Gasteiger partial charge in [0, 0.05) is 6.54 Å². The molecule has 1 aliphatic rings. The van der Waals surface area contributed by atoms with Crippen molar-refractivity contribution in [3.8, 4) is 5.75 Å². The van der Waals surface area contributed by atoms with E-state index in [9.17, 15) is 0 Å². The minimum atomic E-state index is -1.82. The van der Waals surface area contributed by atoms with Crippen LogP contribution in [0.2, 0.25) is 0 Å². The molecular weight excluding hydrogens is 274 g/mol. The summed E-state index contributed by atoms with van der Waals surface area (Å²) in [5.74, 6) is -2.66. The molecular formula is C15H21NO5. The second kappa shape index (κ2) is 8.97.